The summed E-state index contributed by atoms with van der Waals surface area (Å²) in [5.41, 5.74) is 0.522. The number of methoxy groups -OCH3 is 1. The predicted molar refractivity (Wildman–Crippen MR) is 112 cm³/mol. The Hall–Kier alpha value is -2.98. The van der Waals surface area contributed by atoms with E-state index in [9.17, 15) is 18.0 Å². The molecule has 0 atom stereocenters. The molecule has 1 aliphatic rings. The summed E-state index contributed by atoms with van der Waals surface area (Å²) in [4.78, 5) is 28.1. The number of benzene rings is 1. The molecule has 31 heavy (non-hydrogen) atoms. The molecule has 9 nitrogen and oxygen atoms in total. The molecule has 0 aliphatic heterocycles. The Bertz CT molecular complexity index is 1020. The molecule has 166 valence electrons. The molecule has 1 fully saturated rings. The molecule has 2 N–H and O–H groups in total. The summed E-state index contributed by atoms with van der Waals surface area (Å²) >= 11 is 0. The van der Waals surface area contributed by atoms with Gasteiger partial charge in [0.25, 0.3) is 5.91 Å². The van der Waals surface area contributed by atoms with Gasteiger partial charge in [-0.1, -0.05) is 12.8 Å². The van der Waals surface area contributed by atoms with Gasteiger partial charge in [-0.15, -0.1) is 0 Å². The van der Waals surface area contributed by atoms with Gasteiger partial charge in [-0.25, -0.2) is 17.9 Å². The summed E-state index contributed by atoms with van der Waals surface area (Å²) in [6.45, 7) is 0.0432. The molecule has 0 saturated heterocycles. The first kappa shape index (κ1) is 22.7. The largest absolute Gasteiger partial charge is 0.495 e. The number of carbonyl (C=O) groups excluding carboxylic acids is 2. The van der Waals surface area contributed by atoms with E-state index in [4.69, 9.17) is 9.47 Å². The quantitative estimate of drug-likeness (QED) is 0.444. The monoisotopic (exact) mass is 447 g/mol. The topological polar surface area (TPSA) is 124 Å². The van der Waals surface area contributed by atoms with Crippen molar-refractivity contribution < 1.29 is 27.5 Å². The number of hydrogen-bond donors (Lipinski definition) is 2. The van der Waals surface area contributed by atoms with Crippen molar-refractivity contribution in [1.29, 1.82) is 0 Å². The molecule has 1 aromatic heterocycles. The lowest BCUT2D eigenvalue weighted by atomic mass is 10.2. The van der Waals surface area contributed by atoms with Crippen LogP contribution in [0.15, 0.2) is 47.6 Å². The highest BCUT2D eigenvalue weighted by Gasteiger charge is 2.26. The van der Waals surface area contributed by atoms with Gasteiger partial charge in [-0.3, -0.25) is 9.78 Å². The predicted octanol–water partition coefficient (Wildman–Crippen LogP) is 1.90. The first-order valence-corrected chi connectivity index (χ1v) is 11.4. The van der Waals surface area contributed by atoms with E-state index in [-0.39, 0.29) is 41.3 Å². The van der Waals surface area contributed by atoms with Gasteiger partial charge in [0, 0.05) is 24.0 Å². The minimum atomic E-state index is -3.85. The Morgan fingerprint density at radius 3 is 2.48 bits per heavy atom. The van der Waals surface area contributed by atoms with E-state index in [1.165, 1.54) is 37.7 Å². The fourth-order valence-electron chi connectivity index (χ4n) is 3.34. The Labute approximate surface area is 181 Å². The van der Waals surface area contributed by atoms with Crippen molar-refractivity contribution in [3.63, 3.8) is 0 Å². The molecule has 3 rings (SSSR count). The Morgan fingerprint density at radius 1 is 1.10 bits per heavy atom. The number of carbonyl (C=O) groups is 2. The van der Waals surface area contributed by atoms with E-state index >= 15 is 0 Å². The summed E-state index contributed by atoms with van der Waals surface area (Å²) in [6, 6.07) is 7.12. The van der Waals surface area contributed by atoms with Gasteiger partial charge in [0.15, 0.2) is 0 Å². The third-order valence-corrected chi connectivity index (χ3v) is 6.47. The molecule has 0 unspecified atom stereocenters. The molecule has 1 amide bonds. The lowest BCUT2D eigenvalue weighted by molar-refractivity contribution is 0.0503. The SMILES string of the molecule is COc1ccc(C(=O)OCCNC(=O)c2ccncc2)cc1S(=O)(=O)NC1CCCC1. The highest BCUT2D eigenvalue weighted by Crippen LogP contribution is 2.27. The fourth-order valence-corrected chi connectivity index (χ4v) is 4.84. The van der Waals surface area contributed by atoms with E-state index in [2.05, 4.69) is 15.0 Å². The van der Waals surface area contributed by atoms with E-state index in [0.717, 1.165) is 25.7 Å². The molecule has 1 saturated carbocycles. The average molecular weight is 448 g/mol. The molecule has 0 spiro atoms. The first-order chi connectivity index (χ1) is 14.9. The van der Waals surface area contributed by atoms with Crippen molar-refractivity contribution in [3.8, 4) is 5.75 Å². The minimum absolute atomic E-state index is 0.0654. The smallest absolute Gasteiger partial charge is 0.338 e. The standard InChI is InChI=1S/C21H25N3O6S/c1-29-18-7-6-16(14-19(18)31(27,28)24-17-4-2-3-5-17)21(26)30-13-12-23-20(25)15-8-10-22-11-9-15/h6-11,14,17,24H,2-5,12-13H2,1H3,(H,23,25). The molecule has 0 radical (unpaired) electrons. The zero-order valence-electron chi connectivity index (χ0n) is 17.2. The summed E-state index contributed by atoms with van der Waals surface area (Å²) in [5.74, 6) is -0.862. The van der Waals surface area contributed by atoms with Crippen molar-refractivity contribution in [1.82, 2.24) is 15.0 Å². The van der Waals surface area contributed by atoms with Crippen LogP contribution in [0.1, 0.15) is 46.4 Å². The zero-order valence-corrected chi connectivity index (χ0v) is 18.0. The van der Waals surface area contributed by atoms with Gasteiger partial charge >= 0.3 is 5.97 Å². The van der Waals surface area contributed by atoms with Crippen LogP contribution in [0.4, 0.5) is 0 Å². The highest BCUT2D eigenvalue weighted by molar-refractivity contribution is 7.89. The van der Waals surface area contributed by atoms with Crippen molar-refractivity contribution in [2.45, 2.75) is 36.6 Å². The lowest BCUT2D eigenvalue weighted by Gasteiger charge is -2.15. The molecule has 0 bridgehead atoms. The Balaban J connectivity index is 1.60. The summed E-state index contributed by atoms with van der Waals surface area (Å²) in [5, 5.41) is 2.63. The normalized spacial score (nSPS) is 14.2. The maximum absolute atomic E-state index is 12.8. The van der Waals surface area contributed by atoms with E-state index in [1.807, 2.05) is 0 Å². The van der Waals surface area contributed by atoms with E-state index < -0.39 is 16.0 Å². The van der Waals surface area contributed by atoms with Crippen LogP contribution in [0.5, 0.6) is 5.75 Å². The van der Waals surface area contributed by atoms with Crippen LogP contribution in [-0.2, 0) is 14.8 Å². The van der Waals surface area contributed by atoms with E-state index in [0.29, 0.717) is 5.56 Å². The number of ether oxygens (including phenoxy) is 2. The van der Waals surface area contributed by atoms with Crippen LogP contribution in [0.25, 0.3) is 0 Å². The third kappa shape index (κ3) is 6.02. The summed E-state index contributed by atoms with van der Waals surface area (Å²) in [6.07, 6.45) is 6.55. The van der Waals surface area contributed by atoms with Crippen LogP contribution < -0.4 is 14.8 Å². The molecule has 10 heteroatoms. The second kappa shape index (κ2) is 10.4. The van der Waals surface area contributed by atoms with Crippen molar-refractivity contribution in [2.75, 3.05) is 20.3 Å². The molecule has 1 aromatic carbocycles. The first-order valence-electron chi connectivity index (χ1n) is 9.96. The molecular weight excluding hydrogens is 422 g/mol. The van der Waals surface area contributed by atoms with Crippen LogP contribution in [0.2, 0.25) is 0 Å². The zero-order chi connectivity index (χ0) is 22.3. The number of amides is 1. The number of pyridine rings is 1. The van der Waals surface area contributed by atoms with Crippen LogP contribution in [0.3, 0.4) is 0 Å². The number of hydrogen-bond acceptors (Lipinski definition) is 7. The van der Waals surface area contributed by atoms with Gasteiger partial charge in [0.2, 0.25) is 10.0 Å². The van der Waals surface area contributed by atoms with Crippen molar-refractivity contribution in [3.05, 3.63) is 53.9 Å². The summed E-state index contributed by atoms with van der Waals surface area (Å²) < 4.78 is 38.7. The Morgan fingerprint density at radius 2 is 1.81 bits per heavy atom. The van der Waals surface area contributed by atoms with Gasteiger partial charge in [0.05, 0.1) is 19.2 Å². The lowest BCUT2D eigenvalue weighted by Crippen LogP contribution is -2.33. The third-order valence-electron chi connectivity index (χ3n) is 4.93. The van der Waals surface area contributed by atoms with Crippen LogP contribution in [0, 0.1) is 0 Å². The van der Waals surface area contributed by atoms with Crippen molar-refractivity contribution >= 4 is 21.9 Å². The van der Waals surface area contributed by atoms with Gasteiger partial charge in [-0.2, -0.15) is 0 Å². The average Bonchev–Trinajstić information content (AvgIpc) is 3.28. The van der Waals surface area contributed by atoms with Gasteiger partial charge in [0.1, 0.15) is 17.3 Å². The maximum Gasteiger partial charge on any atom is 0.338 e. The Kier molecular flexibility index (Phi) is 7.59. The number of esters is 1. The summed E-state index contributed by atoms with van der Waals surface area (Å²) in [7, 11) is -2.49. The highest BCUT2D eigenvalue weighted by atomic mass is 32.2. The second-order valence-corrected chi connectivity index (χ2v) is 8.78. The van der Waals surface area contributed by atoms with Gasteiger partial charge in [-0.05, 0) is 43.2 Å². The van der Waals surface area contributed by atoms with Gasteiger partial charge < -0.3 is 14.8 Å². The molecule has 1 heterocycles. The molecule has 2 aromatic rings. The van der Waals surface area contributed by atoms with E-state index in [1.54, 1.807) is 12.1 Å². The van der Waals surface area contributed by atoms with Crippen molar-refractivity contribution in [2.24, 2.45) is 0 Å². The number of aromatic nitrogens is 1. The number of rotatable bonds is 9. The number of nitrogens with zero attached hydrogens (tertiary/aromatic N) is 1. The minimum Gasteiger partial charge on any atom is -0.495 e. The van der Waals surface area contributed by atoms with Crippen LogP contribution in [-0.4, -0.2) is 51.6 Å². The maximum atomic E-state index is 12.8. The molecular formula is C21H25N3O6S. The molecule has 1 aliphatic carbocycles. The number of sulfonamides is 1. The number of nitrogens with one attached hydrogen (secondary N) is 2. The second-order valence-electron chi connectivity index (χ2n) is 7.10. The van der Waals surface area contributed by atoms with Crippen LogP contribution >= 0.6 is 0 Å². The fraction of sp³-hybridized carbons (Fsp3) is 0.381.